The highest BCUT2D eigenvalue weighted by Crippen LogP contribution is 2.33. The van der Waals surface area contributed by atoms with Gasteiger partial charge in [0.15, 0.2) is 0 Å². The summed E-state index contributed by atoms with van der Waals surface area (Å²) in [4.78, 5) is 10.8. The van der Waals surface area contributed by atoms with E-state index in [1.165, 1.54) is 0 Å². The zero-order chi connectivity index (χ0) is 17.9. The van der Waals surface area contributed by atoms with E-state index in [-0.39, 0.29) is 6.04 Å². The smallest absolute Gasteiger partial charge is 0.244 e. The highest BCUT2D eigenvalue weighted by molar-refractivity contribution is 5.55. The van der Waals surface area contributed by atoms with E-state index in [9.17, 15) is 5.11 Å². The summed E-state index contributed by atoms with van der Waals surface area (Å²) in [6.45, 7) is 1.28. The summed E-state index contributed by atoms with van der Waals surface area (Å²) < 4.78 is 10.7. The van der Waals surface area contributed by atoms with E-state index in [0.29, 0.717) is 31.2 Å². The van der Waals surface area contributed by atoms with E-state index in [2.05, 4.69) is 20.0 Å². The molecule has 7 nitrogen and oxygen atoms in total. The second kappa shape index (κ2) is 7.23. The van der Waals surface area contributed by atoms with E-state index < -0.39 is 6.10 Å². The van der Waals surface area contributed by atoms with E-state index in [0.717, 1.165) is 16.9 Å². The second-order valence-electron chi connectivity index (χ2n) is 6.37. The quantitative estimate of drug-likeness (QED) is 0.755. The molecule has 0 spiro atoms. The maximum Gasteiger partial charge on any atom is 0.244 e. The second-order valence-corrected chi connectivity index (χ2v) is 6.37. The first-order valence-electron chi connectivity index (χ1n) is 8.52. The molecule has 3 aromatic rings. The first kappa shape index (κ1) is 16.7. The predicted octanol–water partition coefficient (Wildman–Crippen LogP) is 2.45. The summed E-state index contributed by atoms with van der Waals surface area (Å²) in [5.41, 5.74) is 1.99. The lowest BCUT2D eigenvalue weighted by Gasteiger charge is -2.20. The maximum absolute atomic E-state index is 10.1. The van der Waals surface area contributed by atoms with Crippen LogP contribution < -0.4 is 4.74 Å². The van der Waals surface area contributed by atoms with Crippen LogP contribution in [0, 0.1) is 0 Å². The van der Waals surface area contributed by atoms with E-state index in [1.54, 1.807) is 19.5 Å². The SMILES string of the molecule is COc1ccc(-c2noc([C@@H]3C[C@@H](O)CN3Cc3ccncc3)n2)cc1. The number of aliphatic hydroxyl groups is 1. The van der Waals surface area contributed by atoms with Gasteiger partial charge >= 0.3 is 0 Å². The largest absolute Gasteiger partial charge is 0.497 e. The van der Waals surface area contributed by atoms with Crippen molar-refractivity contribution in [3.63, 3.8) is 0 Å². The van der Waals surface area contributed by atoms with Crippen LogP contribution in [-0.2, 0) is 6.54 Å². The van der Waals surface area contributed by atoms with Crippen LogP contribution in [0.2, 0.25) is 0 Å². The van der Waals surface area contributed by atoms with Crippen LogP contribution in [-0.4, -0.2) is 44.9 Å². The first-order chi connectivity index (χ1) is 12.7. The fourth-order valence-corrected chi connectivity index (χ4v) is 3.26. The minimum absolute atomic E-state index is 0.0994. The number of hydrogen-bond acceptors (Lipinski definition) is 7. The van der Waals surface area contributed by atoms with Crippen molar-refractivity contribution in [2.75, 3.05) is 13.7 Å². The molecule has 1 fully saturated rings. The number of likely N-dealkylation sites (tertiary alicyclic amines) is 1. The van der Waals surface area contributed by atoms with Gasteiger partial charge in [-0.2, -0.15) is 4.98 Å². The Morgan fingerprint density at radius 3 is 2.69 bits per heavy atom. The molecule has 134 valence electrons. The van der Waals surface area contributed by atoms with Crippen LogP contribution in [0.5, 0.6) is 5.75 Å². The van der Waals surface area contributed by atoms with Gasteiger partial charge in [0.2, 0.25) is 11.7 Å². The fraction of sp³-hybridized carbons (Fsp3) is 0.316. The lowest BCUT2D eigenvalue weighted by molar-refractivity contribution is 0.169. The van der Waals surface area contributed by atoms with Crippen molar-refractivity contribution in [1.29, 1.82) is 0 Å². The third-order valence-corrected chi connectivity index (χ3v) is 4.59. The number of hydrogen-bond donors (Lipinski definition) is 1. The molecule has 0 unspecified atom stereocenters. The number of aromatic nitrogens is 3. The third kappa shape index (κ3) is 3.44. The van der Waals surface area contributed by atoms with Gasteiger partial charge < -0.3 is 14.4 Å². The van der Waals surface area contributed by atoms with Crippen molar-refractivity contribution < 1.29 is 14.4 Å². The van der Waals surface area contributed by atoms with Crippen molar-refractivity contribution in [3.05, 3.63) is 60.2 Å². The van der Waals surface area contributed by atoms with Crippen LogP contribution in [0.3, 0.4) is 0 Å². The average Bonchev–Trinajstić information content (AvgIpc) is 3.29. The Kier molecular flexibility index (Phi) is 4.64. The summed E-state index contributed by atoms with van der Waals surface area (Å²) >= 11 is 0. The Bertz CT molecular complexity index is 851. The van der Waals surface area contributed by atoms with Crippen molar-refractivity contribution in [1.82, 2.24) is 20.0 Å². The molecule has 1 saturated heterocycles. The molecule has 0 saturated carbocycles. The molecule has 1 N–H and O–H groups in total. The number of rotatable bonds is 5. The molecule has 7 heteroatoms. The Morgan fingerprint density at radius 2 is 1.96 bits per heavy atom. The van der Waals surface area contributed by atoms with E-state index >= 15 is 0 Å². The molecular weight excluding hydrogens is 332 g/mol. The third-order valence-electron chi connectivity index (χ3n) is 4.59. The fourth-order valence-electron chi connectivity index (χ4n) is 3.26. The highest BCUT2D eigenvalue weighted by Gasteiger charge is 2.35. The summed E-state index contributed by atoms with van der Waals surface area (Å²) in [5, 5.41) is 14.2. The lowest BCUT2D eigenvalue weighted by Crippen LogP contribution is -2.24. The van der Waals surface area contributed by atoms with Gasteiger partial charge in [-0.1, -0.05) is 5.16 Å². The molecule has 3 heterocycles. The molecule has 1 aliphatic heterocycles. The number of methoxy groups -OCH3 is 1. The molecule has 1 aromatic carbocycles. The predicted molar refractivity (Wildman–Crippen MR) is 94.3 cm³/mol. The number of β-amino-alcohol motifs (C(OH)–C–C–N with tert-alkyl or cyclic N) is 1. The highest BCUT2D eigenvalue weighted by atomic mass is 16.5. The van der Waals surface area contributed by atoms with Gasteiger partial charge in [-0.15, -0.1) is 0 Å². The lowest BCUT2D eigenvalue weighted by atomic mass is 10.2. The summed E-state index contributed by atoms with van der Waals surface area (Å²) in [5.74, 6) is 1.84. The summed E-state index contributed by atoms with van der Waals surface area (Å²) in [6.07, 6.45) is 3.71. The molecular formula is C19H20N4O3. The standard InChI is InChI=1S/C19H20N4O3/c1-25-16-4-2-14(3-5-16)18-21-19(26-22-18)17-10-15(24)12-23(17)11-13-6-8-20-9-7-13/h2-9,15,17,24H,10-12H2,1H3/t15-,17+/m1/s1. The van der Waals surface area contributed by atoms with Gasteiger partial charge in [-0.3, -0.25) is 9.88 Å². The van der Waals surface area contributed by atoms with Gasteiger partial charge in [0, 0.05) is 31.0 Å². The van der Waals surface area contributed by atoms with Gasteiger partial charge in [0.1, 0.15) is 5.75 Å². The molecule has 2 atom stereocenters. The molecule has 1 aliphatic rings. The maximum atomic E-state index is 10.1. The topological polar surface area (TPSA) is 84.5 Å². The van der Waals surface area contributed by atoms with Gasteiger partial charge in [0.25, 0.3) is 0 Å². The van der Waals surface area contributed by atoms with Crippen LogP contribution in [0.1, 0.15) is 23.9 Å². The number of aliphatic hydroxyl groups excluding tert-OH is 1. The molecule has 4 rings (SSSR count). The van der Waals surface area contributed by atoms with Crippen LogP contribution in [0.4, 0.5) is 0 Å². The molecule has 0 bridgehead atoms. The molecule has 0 amide bonds. The summed E-state index contributed by atoms with van der Waals surface area (Å²) in [7, 11) is 1.63. The van der Waals surface area contributed by atoms with Crippen LogP contribution in [0.25, 0.3) is 11.4 Å². The number of ether oxygens (including phenoxy) is 1. The van der Waals surface area contributed by atoms with Gasteiger partial charge in [-0.25, -0.2) is 0 Å². The van der Waals surface area contributed by atoms with Crippen molar-refractivity contribution in [2.24, 2.45) is 0 Å². The number of benzene rings is 1. The van der Waals surface area contributed by atoms with Gasteiger partial charge in [-0.05, 0) is 48.4 Å². The van der Waals surface area contributed by atoms with Crippen LogP contribution in [0.15, 0.2) is 53.3 Å². The first-order valence-corrected chi connectivity index (χ1v) is 8.52. The Morgan fingerprint density at radius 1 is 1.19 bits per heavy atom. The molecule has 0 radical (unpaired) electrons. The minimum atomic E-state index is -0.404. The van der Waals surface area contributed by atoms with E-state index in [1.807, 2.05) is 36.4 Å². The Labute approximate surface area is 151 Å². The number of pyridine rings is 1. The monoisotopic (exact) mass is 352 g/mol. The zero-order valence-electron chi connectivity index (χ0n) is 14.4. The average molecular weight is 352 g/mol. The van der Waals surface area contributed by atoms with Crippen molar-refractivity contribution in [3.8, 4) is 17.1 Å². The van der Waals surface area contributed by atoms with Crippen molar-refractivity contribution >= 4 is 0 Å². The van der Waals surface area contributed by atoms with Crippen LogP contribution >= 0.6 is 0 Å². The number of nitrogens with zero attached hydrogens (tertiary/aromatic N) is 4. The van der Waals surface area contributed by atoms with Crippen molar-refractivity contribution in [2.45, 2.75) is 25.1 Å². The van der Waals surface area contributed by atoms with E-state index in [4.69, 9.17) is 9.26 Å². The minimum Gasteiger partial charge on any atom is -0.497 e. The summed E-state index contributed by atoms with van der Waals surface area (Å²) in [6, 6.07) is 11.4. The molecule has 2 aromatic heterocycles. The molecule has 26 heavy (non-hydrogen) atoms. The Balaban J connectivity index is 1.54. The molecule has 0 aliphatic carbocycles. The Hall–Kier alpha value is -2.77. The zero-order valence-corrected chi connectivity index (χ0v) is 14.4. The normalized spacial score (nSPS) is 20.4. The van der Waals surface area contributed by atoms with Gasteiger partial charge in [0.05, 0.1) is 19.3 Å².